The lowest BCUT2D eigenvalue weighted by molar-refractivity contribution is 0.462. The van der Waals surface area contributed by atoms with Gasteiger partial charge in [0.15, 0.2) is 0 Å². The lowest BCUT2D eigenvalue weighted by Crippen LogP contribution is -2.03. The van der Waals surface area contributed by atoms with Crippen LogP contribution in [-0.4, -0.2) is 16.5 Å². The SMILES string of the molecule is CCNc1ncc(Cl)c(Oc2cc(C)ccc2Cl)n1. The lowest BCUT2D eigenvalue weighted by atomic mass is 10.2. The summed E-state index contributed by atoms with van der Waals surface area (Å²) in [5.74, 6) is 1.26. The molecule has 0 unspecified atom stereocenters. The van der Waals surface area contributed by atoms with Crippen LogP contribution < -0.4 is 10.1 Å². The van der Waals surface area contributed by atoms with E-state index in [4.69, 9.17) is 27.9 Å². The molecule has 4 nitrogen and oxygen atoms in total. The second-order valence-corrected chi connectivity index (χ2v) is 4.73. The molecule has 1 aromatic heterocycles. The lowest BCUT2D eigenvalue weighted by Gasteiger charge is -2.10. The molecule has 1 aromatic carbocycles. The van der Waals surface area contributed by atoms with Gasteiger partial charge < -0.3 is 10.1 Å². The third kappa shape index (κ3) is 3.49. The highest BCUT2D eigenvalue weighted by atomic mass is 35.5. The van der Waals surface area contributed by atoms with E-state index < -0.39 is 0 Å². The predicted octanol–water partition coefficient (Wildman–Crippen LogP) is 4.32. The molecule has 0 aliphatic heterocycles. The maximum Gasteiger partial charge on any atom is 0.243 e. The summed E-state index contributed by atoms with van der Waals surface area (Å²) in [4.78, 5) is 8.24. The Bertz CT molecular complexity index is 590. The molecule has 0 amide bonds. The molecule has 0 saturated heterocycles. The van der Waals surface area contributed by atoms with Gasteiger partial charge in [0.25, 0.3) is 0 Å². The predicted molar refractivity (Wildman–Crippen MR) is 77.5 cm³/mol. The van der Waals surface area contributed by atoms with Crippen molar-refractivity contribution < 1.29 is 4.74 Å². The molecule has 0 atom stereocenters. The Morgan fingerprint density at radius 3 is 2.79 bits per heavy atom. The van der Waals surface area contributed by atoms with Crippen LogP contribution in [0.1, 0.15) is 12.5 Å². The number of hydrogen-bond donors (Lipinski definition) is 1. The van der Waals surface area contributed by atoms with Gasteiger partial charge in [0, 0.05) is 6.54 Å². The number of aryl methyl sites for hydroxylation is 1. The minimum atomic E-state index is 0.278. The van der Waals surface area contributed by atoms with E-state index in [1.165, 1.54) is 6.20 Å². The second-order valence-electron chi connectivity index (χ2n) is 3.91. The molecule has 0 spiro atoms. The van der Waals surface area contributed by atoms with Crippen molar-refractivity contribution in [3.05, 3.63) is 40.0 Å². The number of aromatic nitrogens is 2. The highest BCUT2D eigenvalue weighted by Crippen LogP contribution is 2.32. The van der Waals surface area contributed by atoms with Crippen molar-refractivity contribution in [2.24, 2.45) is 0 Å². The van der Waals surface area contributed by atoms with E-state index in [0.29, 0.717) is 28.3 Å². The zero-order chi connectivity index (χ0) is 13.8. The molecule has 0 bridgehead atoms. The third-order valence-corrected chi connectivity index (χ3v) is 2.91. The van der Waals surface area contributed by atoms with Crippen LogP contribution in [0.15, 0.2) is 24.4 Å². The van der Waals surface area contributed by atoms with Crippen LogP contribution >= 0.6 is 23.2 Å². The van der Waals surface area contributed by atoms with Crippen molar-refractivity contribution in [1.29, 1.82) is 0 Å². The van der Waals surface area contributed by atoms with Crippen LogP contribution in [0.3, 0.4) is 0 Å². The minimum absolute atomic E-state index is 0.278. The number of hydrogen-bond acceptors (Lipinski definition) is 4. The molecule has 1 N–H and O–H groups in total. The second kappa shape index (κ2) is 6.08. The van der Waals surface area contributed by atoms with Crippen LogP contribution in [0, 0.1) is 6.92 Å². The number of nitrogens with one attached hydrogen (secondary N) is 1. The molecule has 0 fully saturated rings. The van der Waals surface area contributed by atoms with E-state index in [9.17, 15) is 0 Å². The molecule has 100 valence electrons. The first-order valence-electron chi connectivity index (χ1n) is 5.80. The summed E-state index contributed by atoms with van der Waals surface area (Å²) in [6.07, 6.45) is 1.49. The van der Waals surface area contributed by atoms with Crippen molar-refractivity contribution >= 4 is 29.2 Å². The Hall–Kier alpha value is -1.52. The van der Waals surface area contributed by atoms with Crippen molar-refractivity contribution in [2.75, 3.05) is 11.9 Å². The molecule has 2 aromatic rings. The van der Waals surface area contributed by atoms with Crippen molar-refractivity contribution in [3.63, 3.8) is 0 Å². The molecule has 0 radical (unpaired) electrons. The van der Waals surface area contributed by atoms with Crippen molar-refractivity contribution in [2.45, 2.75) is 13.8 Å². The Morgan fingerprint density at radius 2 is 2.05 bits per heavy atom. The average molecular weight is 298 g/mol. The molecule has 0 aliphatic carbocycles. The Labute approximate surface area is 121 Å². The normalized spacial score (nSPS) is 10.3. The van der Waals surface area contributed by atoms with Crippen LogP contribution in [0.2, 0.25) is 10.0 Å². The Morgan fingerprint density at radius 1 is 1.26 bits per heavy atom. The number of rotatable bonds is 4. The van der Waals surface area contributed by atoms with Gasteiger partial charge in [0.1, 0.15) is 10.8 Å². The molecule has 1 heterocycles. The fraction of sp³-hybridized carbons (Fsp3) is 0.231. The van der Waals surface area contributed by atoms with E-state index in [-0.39, 0.29) is 5.88 Å². The Kier molecular flexibility index (Phi) is 4.45. The first-order chi connectivity index (χ1) is 9.10. The molecule has 19 heavy (non-hydrogen) atoms. The molecular formula is C13H13Cl2N3O. The van der Waals surface area contributed by atoms with Crippen LogP contribution in [0.4, 0.5) is 5.95 Å². The van der Waals surface area contributed by atoms with Gasteiger partial charge in [-0.1, -0.05) is 29.3 Å². The van der Waals surface area contributed by atoms with Gasteiger partial charge in [-0.25, -0.2) is 4.98 Å². The highest BCUT2D eigenvalue weighted by Gasteiger charge is 2.10. The number of benzene rings is 1. The monoisotopic (exact) mass is 297 g/mol. The fourth-order valence-electron chi connectivity index (χ4n) is 1.46. The highest BCUT2D eigenvalue weighted by molar-refractivity contribution is 6.32. The summed E-state index contributed by atoms with van der Waals surface area (Å²) in [7, 11) is 0. The van der Waals surface area contributed by atoms with Gasteiger partial charge >= 0.3 is 0 Å². The van der Waals surface area contributed by atoms with Crippen molar-refractivity contribution in [3.8, 4) is 11.6 Å². The Balaban J connectivity index is 2.31. The summed E-state index contributed by atoms with van der Waals surface area (Å²) in [5, 5.41) is 3.83. The van der Waals surface area contributed by atoms with Crippen LogP contribution in [-0.2, 0) is 0 Å². The molecule has 0 saturated carbocycles. The molecular weight excluding hydrogens is 285 g/mol. The van der Waals surface area contributed by atoms with E-state index in [0.717, 1.165) is 5.56 Å². The summed E-state index contributed by atoms with van der Waals surface area (Å²) in [5.41, 5.74) is 1.04. The first kappa shape index (κ1) is 13.9. The maximum atomic E-state index is 6.07. The van der Waals surface area contributed by atoms with Gasteiger partial charge in [-0.15, -0.1) is 0 Å². The molecule has 2 rings (SSSR count). The quantitative estimate of drug-likeness (QED) is 0.913. The van der Waals surface area contributed by atoms with Crippen LogP contribution in [0.5, 0.6) is 11.6 Å². The number of nitrogens with zero attached hydrogens (tertiary/aromatic N) is 2. The summed E-state index contributed by atoms with van der Waals surface area (Å²) >= 11 is 12.1. The van der Waals surface area contributed by atoms with Gasteiger partial charge in [-0.3, -0.25) is 0 Å². The van der Waals surface area contributed by atoms with Gasteiger partial charge in [0.2, 0.25) is 11.8 Å². The standard InChI is InChI=1S/C13H13Cl2N3O/c1-3-16-13-17-7-10(15)12(18-13)19-11-6-8(2)4-5-9(11)14/h4-7H,3H2,1-2H3,(H,16,17,18). The van der Waals surface area contributed by atoms with Gasteiger partial charge in [-0.2, -0.15) is 4.98 Å². The molecule has 6 heteroatoms. The number of halogens is 2. The van der Waals surface area contributed by atoms with E-state index in [2.05, 4.69) is 15.3 Å². The smallest absolute Gasteiger partial charge is 0.243 e. The van der Waals surface area contributed by atoms with E-state index in [1.54, 1.807) is 6.07 Å². The average Bonchev–Trinajstić information content (AvgIpc) is 2.38. The zero-order valence-electron chi connectivity index (χ0n) is 10.6. The van der Waals surface area contributed by atoms with Gasteiger partial charge in [-0.05, 0) is 31.5 Å². The number of ether oxygens (including phenoxy) is 1. The maximum absolute atomic E-state index is 6.07. The third-order valence-electron chi connectivity index (χ3n) is 2.34. The topological polar surface area (TPSA) is 47.0 Å². The first-order valence-corrected chi connectivity index (χ1v) is 6.56. The summed E-state index contributed by atoms with van der Waals surface area (Å²) in [6.45, 7) is 4.62. The van der Waals surface area contributed by atoms with E-state index in [1.807, 2.05) is 26.0 Å². The minimum Gasteiger partial charge on any atom is -0.436 e. The summed E-state index contributed by atoms with van der Waals surface area (Å²) in [6, 6.07) is 5.50. The fourth-order valence-corrected chi connectivity index (χ4v) is 1.75. The van der Waals surface area contributed by atoms with E-state index >= 15 is 0 Å². The summed E-state index contributed by atoms with van der Waals surface area (Å²) < 4.78 is 5.65. The van der Waals surface area contributed by atoms with Crippen molar-refractivity contribution in [1.82, 2.24) is 9.97 Å². The molecule has 0 aliphatic rings. The number of anilines is 1. The largest absolute Gasteiger partial charge is 0.436 e. The zero-order valence-corrected chi connectivity index (χ0v) is 12.1. The van der Waals surface area contributed by atoms with Crippen LogP contribution in [0.25, 0.3) is 0 Å². The van der Waals surface area contributed by atoms with Gasteiger partial charge in [0.05, 0.1) is 11.2 Å².